The molecule has 3 aliphatic heterocycles. The van der Waals surface area contributed by atoms with Crippen molar-refractivity contribution in [2.24, 2.45) is 40.7 Å². The Morgan fingerprint density at radius 1 is 0.872 bits per heavy atom. The maximum atomic E-state index is 14.6. The Labute approximate surface area is 463 Å². The van der Waals surface area contributed by atoms with Crippen LogP contribution in [0.2, 0.25) is 0 Å². The minimum atomic E-state index is -2.44. The van der Waals surface area contributed by atoms with Gasteiger partial charge in [-0.1, -0.05) is 76.2 Å². The number of piperidine rings is 1. The number of oxime groups is 1. The zero-order valence-corrected chi connectivity index (χ0v) is 48.4. The number of esters is 1. The van der Waals surface area contributed by atoms with E-state index in [0.29, 0.717) is 69.1 Å². The van der Waals surface area contributed by atoms with Gasteiger partial charge in [0.2, 0.25) is 5.79 Å². The normalized spacial score (nSPS) is 36.9. The van der Waals surface area contributed by atoms with Crippen molar-refractivity contribution < 1.29 is 77.7 Å². The zero-order valence-electron chi connectivity index (χ0n) is 48.4. The van der Waals surface area contributed by atoms with Crippen LogP contribution >= 0.6 is 0 Å². The Kier molecular flexibility index (Phi) is 28.0. The largest absolute Gasteiger partial charge is 0.460 e. The fraction of sp³-hybridized carbons (Fsp3) is 0.763. The summed E-state index contributed by atoms with van der Waals surface area (Å²) in [6, 6.07) is -1.14. The molecule has 0 aromatic carbocycles. The molecule has 19 nitrogen and oxygen atoms in total. The van der Waals surface area contributed by atoms with Gasteiger partial charge >= 0.3 is 5.97 Å². The molecule has 442 valence electrons. The Balaban J connectivity index is 1.72. The number of hydrogen-bond donors (Lipinski definition) is 5. The molecular weight excluding hydrogens is 1010 g/mol. The van der Waals surface area contributed by atoms with Crippen LogP contribution in [0.25, 0.3) is 0 Å². The predicted octanol–water partition coefficient (Wildman–Crippen LogP) is 5.89. The lowest BCUT2D eigenvalue weighted by Gasteiger charge is -2.43. The lowest BCUT2D eigenvalue weighted by Crippen LogP contribution is -2.61. The van der Waals surface area contributed by atoms with Crippen molar-refractivity contribution in [2.45, 2.75) is 200 Å². The fourth-order valence-electron chi connectivity index (χ4n) is 11.2. The van der Waals surface area contributed by atoms with Crippen molar-refractivity contribution >= 4 is 35.1 Å². The molecule has 0 unspecified atom stereocenters. The molecule has 3 fully saturated rings. The highest BCUT2D eigenvalue weighted by atomic mass is 16.6. The molecule has 1 aliphatic carbocycles. The average Bonchev–Trinajstić information content (AvgIpc) is 3.49. The van der Waals surface area contributed by atoms with Crippen molar-refractivity contribution in [3.05, 3.63) is 47.6 Å². The number of nitrogens with one attached hydrogen (secondary N) is 1. The third kappa shape index (κ3) is 19.8. The summed E-state index contributed by atoms with van der Waals surface area (Å²) >= 11 is 0. The van der Waals surface area contributed by atoms with Crippen LogP contribution in [0, 0.1) is 35.5 Å². The summed E-state index contributed by atoms with van der Waals surface area (Å²) in [4.78, 5) is 74.1. The molecule has 1 saturated carbocycles. The monoisotopic (exact) mass is 1100 g/mol. The number of cyclic esters (lactones) is 1. The van der Waals surface area contributed by atoms with Crippen LogP contribution in [0.15, 0.2) is 52.8 Å². The van der Waals surface area contributed by atoms with Gasteiger partial charge in [-0.05, 0) is 114 Å². The number of rotatable bonds is 15. The van der Waals surface area contributed by atoms with Crippen LogP contribution in [-0.2, 0) is 57.2 Å². The van der Waals surface area contributed by atoms with E-state index in [1.807, 2.05) is 58.1 Å². The topological polar surface area (TPSA) is 259 Å². The summed E-state index contributed by atoms with van der Waals surface area (Å²) < 4.78 is 35.5. The first-order valence-electron chi connectivity index (χ1n) is 28.4. The van der Waals surface area contributed by atoms with Gasteiger partial charge in [-0.2, -0.15) is 0 Å². The summed E-state index contributed by atoms with van der Waals surface area (Å²) in [5.41, 5.74) is 1.67. The van der Waals surface area contributed by atoms with Crippen LogP contribution in [0.4, 0.5) is 0 Å². The van der Waals surface area contributed by atoms with Gasteiger partial charge < -0.3 is 63.9 Å². The fourth-order valence-corrected chi connectivity index (χ4v) is 11.2. The maximum Gasteiger partial charge on any atom is 0.329 e. The zero-order chi connectivity index (χ0) is 57.7. The molecule has 4 aliphatic rings. The van der Waals surface area contributed by atoms with Gasteiger partial charge in [-0.25, -0.2) is 4.79 Å². The molecule has 16 atom stereocenters. The number of nitrogens with zero attached hydrogens (tertiary/aromatic N) is 2. The number of carbonyl (C=O) groups is 5. The van der Waals surface area contributed by atoms with E-state index < -0.39 is 96.6 Å². The lowest BCUT2D eigenvalue weighted by atomic mass is 9.78. The molecule has 0 spiro atoms. The molecule has 0 radical (unpaired) electrons. The van der Waals surface area contributed by atoms with E-state index >= 15 is 0 Å². The molecule has 19 heteroatoms. The molecule has 2 bridgehead atoms. The highest BCUT2D eigenvalue weighted by Gasteiger charge is 2.53. The lowest BCUT2D eigenvalue weighted by molar-refractivity contribution is -0.265. The summed E-state index contributed by atoms with van der Waals surface area (Å²) in [7, 11) is 4.59. The number of Topliss-reactive ketones (excluding diaryl/α,β-unsaturated/α-hetero) is 2. The standard InChI is InChI=1S/C59H95N3O16/c1-36-17-13-12-14-18-37(2)49(72-9)33-45-22-20-42(7)59(71,78-45)56(68)57(69)62-26-16-15-19-46(62)58(70)77-50(39(4)31-44-21-23-47(64)51(32-44)73-10)34-48(65)38(3)30-41(6)54(67)55(74-11)53(40(5)29-36)61-76-35-52(66)60-25-28-75-27-24-43(8)63/h12-14,17-18,30,36,38-40,42,44-51,54-55,64-65,67,71H,15-16,19-29,31-35H2,1-11H3,(H,60,66)/b14-12+,17-13+,37-18+,41-30+,61-53?/t36-,38-,39-,40-,42-,44+,45+,46+,47-,48-,49+,50+,51-,54-,55+,59-/m1/s1. The van der Waals surface area contributed by atoms with Gasteiger partial charge in [0, 0.05) is 71.4 Å². The minimum absolute atomic E-state index is 0.00840. The van der Waals surface area contributed by atoms with Crippen LogP contribution in [0.1, 0.15) is 139 Å². The van der Waals surface area contributed by atoms with Gasteiger partial charge in [0.1, 0.15) is 30.1 Å². The molecule has 3 heterocycles. The SMILES string of the molecule is CO[C@H]1C[C@@H]2CC[C@@H](C)[C@@](O)(O2)C(=O)C(=O)N2CCCC[C@H]2C(=O)O[C@H]([C@H](C)C[C@@H]2CC[C@@H](O)[C@H](OC)C2)C[C@@H](O)[C@H](C)/C=C(\C)[C@@H](O)[C@@H](OC)C(=NOCC(=O)NCCOCCC(C)=O)[C@H](C)C[C@H](C)/C=C/C=C/C=C/1C. The van der Waals surface area contributed by atoms with Crippen molar-refractivity contribution in [1.29, 1.82) is 0 Å². The van der Waals surface area contributed by atoms with Crippen molar-refractivity contribution in [3.8, 4) is 0 Å². The smallest absolute Gasteiger partial charge is 0.329 e. The number of ether oxygens (including phenoxy) is 6. The molecular formula is C59H95N3O16. The van der Waals surface area contributed by atoms with E-state index in [1.165, 1.54) is 18.9 Å². The Bertz CT molecular complexity index is 2090. The van der Waals surface area contributed by atoms with E-state index in [2.05, 4.69) is 10.5 Å². The summed E-state index contributed by atoms with van der Waals surface area (Å²) in [6.07, 6.45) is 10.8. The molecule has 5 N–H and O–H groups in total. The first kappa shape index (κ1) is 66.3. The maximum absolute atomic E-state index is 14.6. The molecule has 2 amide bonds. The minimum Gasteiger partial charge on any atom is -0.460 e. The first-order chi connectivity index (χ1) is 37.0. The Morgan fingerprint density at radius 3 is 2.31 bits per heavy atom. The van der Waals surface area contributed by atoms with Gasteiger partial charge in [0.15, 0.2) is 6.61 Å². The van der Waals surface area contributed by atoms with E-state index in [-0.39, 0.29) is 81.1 Å². The Hall–Kier alpha value is -4.18. The first-order valence-corrected chi connectivity index (χ1v) is 28.4. The van der Waals surface area contributed by atoms with Gasteiger partial charge in [-0.3, -0.25) is 19.2 Å². The number of hydrogen-bond acceptors (Lipinski definition) is 17. The number of methoxy groups -OCH3 is 3. The molecule has 4 rings (SSSR count). The van der Waals surface area contributed by atoms with Crippen LogP contribution < -0.4 is 5.32 Å². The quantitative estimate of drug-likeness (QED) is 0.0421. The summed E-state index contributed by atoms with van der Waals surface area (Å²) in [5, 5.41) is 53.8. The average molecular weight is 1100 g/mol. The molecule has 0 aromatic rings. The number of carbonyl (C=O) groups excluding carboxylic acids is 5. The van der Waals surface area contributed by atoms with E-state index in [9.17, 15) is 44.4 Å². The number of fused-ring (bicyclic) bond motifs is 3. The number of allylic oxidation sites excluding steroid dienone is 5. The van der Waals surface area contributed by atoms with E-state index in [4.69, 9.17) is 33.3 Å². The van der Waals surface area contributed by atoms with Gasteiger partial charge in [0.05, 0.1) is 49.4 Å². The second-order valence-corrected chi connectivity index (χ2v) is 22.6. The van der Waals surface area contributed by atoms with Crippen LogP contribution in [0.3, 0.4) is 0 Å². The number of aliphatic hydroxyl groups excluding tert-OH is 3. The molecule has 0 aromatic heterocycles. The number of aliphatic hydroxyl groups is 4. The third-order valence-electron chi connectivity index (χ3n) is 16.2. The van der Waals surface area contributed by atoms with Gasteiger partial charge in [0.25, 0.3) is 17.6 Å². The number of amides is 2. The Morgan fingerprint density at radius 2 is 1.62 bits per heavy atom. The van der Waals surface area contributed by atoms with Crippen molar-refractivity contribution in [1.82, 2.24) is 10.2 Å². The second kappa shape index (κ2) is 32.9. The van der Waals surface area contributed by atoms with Crippen molar-refractivity contribution in [2.75, 3.05) is 54.2 Å². The molecule has 2 saturated heterocycles. The molecule has 78 heavy (non-hydrogen) atoms. The van der Waals surface area contributed by atoms with Crippen LogP contribution in [0.5, 0.6) is 0 Å². The third-order valence-corrected chi connectivity index (χ3v) is 16.2. The predicted molar refractivity (Wildman–Crippen MR) is 294 cm³/mol. The van der Waals surface area contributed by atoms with Crippen LogP contribution in [-0.4, -0.2) is 175 Å². The van der Waals surface area contributed by atoms with E-state index in [0.717, 1.165) is 12.0 Å². The number of ketones is 2. The van der Waals surface area contributed by atoms with Crippen molar-refractivity contribution in [3.63, 3.8) is 0 Å². The second-order valence-electron chi connectivity index (χ2n) is 22.6. The van der Waals surface area contributed by atoms with Gasteiger partial charge in [-0.15, -0.1) is 0 Å². The van der Waals surface area contributed by atoms with E-state index in [1.54, 1.807) is 41.1 Å². The highest BCUT2D eigenvalue weighted by molar-refractivity contribution is 6.39. The summed E-state index contributed by atoms with van der Waals surface area (Å²) in [5.74, 6) is -7.64. The summed E-state index contributed by atoms with van der Waals surface area (Å²) in [6.45, 7) is 14.8. The highest BCUT2D eigenvalue weighted by Crippen LogP contribution is 2.38.